The highest BCUT2D eigenvalue weighted by Gasteiger charge is 2.59. The van der Waals surface area contributed by atoms with Crippen LogP contribution in [0.3, 0.4) is 0 Å². The molecule has 1 amide bonds. The van der Waals surface area contributed by atoms with Crippen LogP contribution in [0.25, 0.3) is 0 Å². The molecule has 0 aliphatic carbocycles. The quantitative estimate of drug-likeness (QED) is 0.625. The first-order valence-electron chi connectivity index (χ1n) is 9.55. The first-order valence-corrected chi connectivity index (χ1v) is 9.55. The molecule has 144 valence electrons. The number of piperidine rings is 1. The molecular formula is C21H26N2O4. The molecule has 3 aliphatic heterocycles. The topological polar surface area (TPSA) is 78.9 Å². The molecule has 0 bridgehead atoms. The van der Waals surface area contributed by atoms with Crippen molar-refractivity contribution in [2.75, 3.05) is 32.1 Å². The lowest BCUT2D eigenvalue weighted by Gasteiger charge is -2.43. The molecule has 2 fully saturated rings. The third-order valence-corrected chi connectivity index (χ3v) is 6.76. The van der Waals surface area contributed by atoms with Gasteiger partial charge in [0.1, 0.15) is 0 Å². The van der Waals surface area contributed by atoms with Gasteiger partial charge in [0.25, 0.3) is 0 Å². The molecule has 1 aromatic carbocycles. The van der Waals surface area contributed by atoms with Crippen LogP contribution < -0.4 is 5.32 Å². The number of hydrogen-bond donors (Lipinski definition) is 2. The number of nitrogens with zero attached hydrogens (tertiary/aromatic N) is 1. The fourth-order valence-corrected chi connectivity index (χ4v) is 5.40. The zero-order chi connectivity index (χ0) is 19.2. The van der Waals surface area contributed by atoms with Gasteiger partial charge < -0.3 is 15.2 Å². The minimum absolute atomic E-state index is 0.00792. The van der Waals surface area contributed by atoms with Crippen LogP contribution in [0.4, 0.5) is 5.69 Å². The molecule has 0 saturated carbocycles. The Labute approximate surface area is 159 Å². The third kappa shape index (κ3) is 2.54. The Balaban J connectivity index is 1.74. The van der Waals surface area contributed by atoms with Gasteiger partial charge in [0.15, 0.2) is 0 Å². The van der Waals surface area contributed by atoms with Crippen molar-refractivity contribution in [2.24, 2.45) is 11.8 Å². The van der Waals surface area contributed by atoms with E-state index in [1.165, 1.54) is 7.11 Å². The maximum atomic E-state index is 13.1. The molecule has 1 aromatic rings. The molecule has 1 spiro atoms. The lowest BCUT2D eigenvalue weighted by atomic mass is 9.68. The summed E-state index contributed by atoms with van der Waals surface area (Å²) >= 11 is 0. The van der Waals surface area contributed by atoms with E-state index in [1.54, 1.807) is 0 Å². The molecule has 0 radical (unpaired) electrons. The number of anilines is 1. The maximum absolute atomic E-state index is 13.1. The number of allylic oxidation sites excluding steroid dienone is 1. The summed E-state index contributed by atoms with van der Waals surface area (Å²) in [5.41, 5.74) is 2.51. The number of benzene rings is 1. The van der Waals surface area contributed by atoms with Crippen LogP contribution in [0.5, 0.6) is 0 Å². The van der Waals surface area contributed by atoms with E-state index in [-0.39, 0.29) is 24.5 Å². The Morgan fingerprint density at radius 1 is 1.48 bits per heavy atom. The molecule has 2 N–H and O–H groups in total. The van der Waals surface area contributed by atoms with Crippen LogP contribution in [0.2, 0.25) is 0 Å². The summed E-state index contributed by atoms with van der Waals surface area (Å²) in [6.07, 6.45) is 3.47. The van der Waals surface area contributed by atoms with Crippen molar-refractivity contribution in [3.63, 3.8) is 0 Å². The monoisotopic (exact) mass is 370 g/mol. The fourth-order valence-electron chi connectivity index (χ4n) is 5.40. The lowest BCUT2D eigenvalue weighted by Crippen LogP contribution is -2.53. The summed E-state index contributed by atoms with van der Waals surface area (Å²) in [4.78, 5) is 27.7. The van der Waals surface area contributed by atoms with Gasteiger partial charge in [0.2, 0.25) is 5.91 Å². The Bertz CT molecular complexity index is 805. The van der Waals surface area contributed by atoms with E-state index in [4.69, 9.17) is 4.74 Å². The van der Waals surface area contributed by atoms with Crippen LogP contribution in [-0.4, -0.2) is 54.7 Å². The predicted molar refractivity (Wildman–Crippen MR) is 101 cm³/mol. The van der Waals surface area contributed by atoms with Crippen molar-refractivity contribution in [1.82, 2.24) is 4.90 Å². The van der Waals surface area contributed by atoms with Gasteiger partial charge >= 0.3 is 5.97 Å². The van der Waals surface area contributed by atoms with Crippen molar-refractivity contribution in [2.45, 2.75) is 31.2 Å². The van der Waals surface area contributed by atoms with Gasteiger partial charge in [0, 0.05) is 24.8 Å². The molecule has 0 aromatic heterocycles. The van der Waals surface area contributed by atoms with Crippen LogP contribution in [0.15, 0.2) is 35.9 Å². The molecule has 4 atom stereocenters. The van der Waals surface area contributed by atoms with Crippen molar-refractivity contribution >= 4 is 17.6 Å². The van der Waals surface area contributed by atoms with E-state index >= 15 is 0 Å². The molecule has 2 saturated heterocycles. The standard InChI is InChI=1S/C21H26N2O4/c1-3-13-11-23-9-8-21(16-6-4-5-7-17(16)22-20(21)26)18(23)10-14(13)15(12-24)19(25)27-2/h3-7,14-15,18,24H,8-12H2,1-2H3,(H,22,26)/t14-,15-,18-,21+/m0/s1. The smallest absolute Gasteiger partial charge is 0.311 e. The zero-order valence-corrected chi connectivity index (χ0v) is 15.8. The zero-order valence-electron chi connectivity index (χ0n) is 15.8. The normalized spacial score (nSPS) is 32.3. The first kappa shape index (κ1) is 18.2. The molecule has 6 nitrogen and oxygen atoms in total. The van der Waals surface area contributed by atoms with E-state index in [0.717, 1.165) is 36.3 Å². The number of nitrogens with one attached hydrogen (secondary N) is 1. The number of fused-ring (bicyclic) bond motifs is 4. The van der Waals surface area contributed by atoms with Crippen LogP contribution in [0, 0.1) is 11.8 Å². The number of methoxy groups -OCH3 is 1. The summed E-state index contributed by atoms with van der Waals surface area (Å²) in [6, 6.07) is 7.92. The second-order valence-corrected chi connectivity index (χ2v) is 7.73. The van der Waals surface area contributed by atoms with E-state index in [0.29, 0.717) is 6.42 Å². The number of hydrogen-bond acceptors (Lipinski definition) is 5. The van der Waals surface area contributed by atoms with E-state index in [9.17, 15) is 14.7 Å². The highest BCUT2D eigenvalue weighted by molar-refractivity contribution is 6.07. The Morgan fingerprint density at radius 2 is 2.26 bits per heavy atom. The number of carbonyl (C=O) groups is 2. The van der Waals surface area contributed by atoms with Gasteiger partial charge in [-0.3, -0.25) is 14.5 Å². The number of aliphatic hydroxyl groups is 1. The van der Waals surface area contributed by atoms with E-state index in [1.807, 2.05) is 37.3 Å². The van der Waals surface area contributed by atoms with Crippen LogP contribution in [0.1, 0.15) is 25.3 Å². The molecule has 0 unspecified atom stereocenters. The largest absolute Gasteiger partial charge is 0.469 e. The van der Waals surface area contributed by atoms with Gasteiger partial charge in [0.05, 0.1) is 25.0 Å². The Hall–Kier alpha value is -2.18. The fraction of sp³-hybridized carbons (Fsp3) is 0.524. The van der Waals surface area contributed by atoms with Gasteiger partial charge in [-0.25, -0.2) is 0 Å². The predicted octanol–water partition coefficient (Wildman–Crippen LogP) is 1.70. The minimum atomic E-state index is -0.597. The molecule has 27 heavy (non-hydrogen) atoms. The second kappa shape index (κ2) is 6.77. The summed E-state index contributed by atoms with van der Waals surface area (Å²) < 4.78 is 4.94. The number of para-hydroxylation sites is 1. The van der Waals surface area contributed by atoms with Crippen molar-refractivity contribution in [3.05, 3.63) is 41.5 Å². The Morgan fingerprint density at radius 3 is 2.96 bits per heavy atom. The second-order valence-electron chi connectivity index (χ2n) is 7.73. The summed E-state index contributed by atoms with van der Waals surface area (Å²) in [5.74, 6) is -1.05. The SMILES string of the molecule is CC=C1CN2CC[C@]3(C(=O)Nc4ccccc43)[C@@H]2C[C@@H]1[C@H](CO)C(=O)OC. The molecule has 3 aliphatic rings. The number of carbonyl (C=O) groups excluding carboxylic acids is 2. The summed E-state index contributed by atoms with van der Waals surface area (Å²) in [5, 5.41) is 12.9. The van der Waals surface area contributed by atoms with Gasteiger partial charge in [-0.1, -0.05) is 29.8 Å². The minimum Gasteiger partial charge on any atom is -0.469 e. The number of rotatable bonds is 3. The highest BCUT2D eigenvalue weighted by atomic mass is 16.5. The van der Waals surface area contributed by atoms with Gasteiger partial charge in [-0.2, -0.15) is 0 Å². The molecular weight excluding hydrogens is 344 g/mol. The molecule has 4 rings (SSSR count). The average molecular weight is 370 g/mol. The summed E-state index contributed by atoms with van der Waals surface area (Å²) in [6.45, 7) is 3.28. The highest BCUT2D eigenvalue weighted by Crippen LogP contribution is 2.52. The molecule has 3 heterocycles. The van der Waals surface area contributed by atoms with Crippen molar-refractivity contribution in [1.29, 1.82) is 0 Å². The van der Waals surface area contributed by atoms with Gasteiger partial charge in [-0.05, 0) is 37.3 Å². The van der Waals surface area contributed by atoms with Crippen LogP contribution in [-0.2, 0) is 19.7 Å². The molecule has 6 heteroatoms. The number of esters is 1. The van der Waals surface area contributed by atoms with Crippen molar-refractivity contribution < 1.29 is 19.4 Å². The number of ether oxygens (including phenoxy) is 1. The van der Waals surface area contributed by atoms with Gasteiger partial charge in [-0.15, -0.1) is 0 Å². The Kier molecular flexibility index (Phi) is 4.56. The first-order chi connectivity index (χ1) is 13.1. The number of amides is 1. The lowest BCUT2D eigenvalue weighted by molar-refractivity contribution is -0.149. The number of aliphatic hydroxyl groups excluding tert-OH is 1. The third-order valence-electron chi connectivity index (χ3n) is 6.76. The summed E-state index contributed by atoms with van der Waals surface area (Å²) in [7, 11) is 1.35. The average Bonchev–Trinajstić information content (AvgIpc) is 3.20. The van der Waals surface area contributed by atoms with Crippen molar-refractivity contribution in [3.8, 4) is 0 Å². The van der Waals surface area contributed by atoms with E-state index in [2.05, 4.69) is 10.2 Å². The van der Waals surface area contributed by atoms with Crippen LogP contribution >= 0.6 is 0 Å². The maximum Gasteiger partial charge on any atom is 0.311 e. The van der Waals surface area contributed by atoms with E-state index < -0.39 is 17.3 Å².